The fraction of sp³-hybridized carbons (Fsp3) is 0.273. The zero-order valence-corrected chi connectivity index (χ0v) is 16.1. The van der Waals surface area contributed by atoms with E-state index in [4.69, 9.17) is 0 Å². The summed E-state index contributed by atoms with van der Waals surface area (Å²) in [6.45, 7) is 1.64. The van der Waals surface area contributed by atoms with Gasteiger partial charge in [0.05, 0.1) is 17.5 Å². The summed E-state index contributed by atoms with van der Waals surface area (Å²) >= 11 is 0. The first kappa shape index (κ1) is 18.9. The average molecular weight is 390 g/mol. The maximum atomic E-state index is 12.6. The molecule has 148 valence electrons. The number of aryl methyl sites for hydroxylation is 1. The van der Waals surface area contributed by atoms with Crippen molar-refractivity contribution in [2.45, 2.75) is 38.8 Å². The van der Waals surface area contributed by atoms with E-state index in [-0.39, 0.29) is 23.9 Å². The number of nitrogens with one attached hydrogen (secondary N) is 2. The molecule has 3 aromatic rings. The summed E-state index contributed by atoms with van der Waals surface area (Å²) in [4.78, 5) is 36.8. The molecule has 2 aromatic carbocycles. The summed E-state index contributed by atoms with van der Waals surface area (Å²) in [7, 11) is 0. The molecular formula is C22H22N4O3. The monoisotopic (exact) mass is 390 g/mol. The van der Waals surface area contributed by atoms with Gasteiger partial charge in [-0.2, -0.15) is 5.10 Å². The number of amides is 2. The Kier molecular flexibility index (Phi) is 5.12. The Morgan fingerprint density at radius 2 is 1.72 bits per heavy atom. The van der Waals surface area contributed by atoms with Crippen LogP contribution in [0.2, 0.25) is 0 Å². The molecule has 29 heavy (non-hydrogen) atoms. The average Bonchev–Trinajstić information content (AvgIpc) is 3.51. The number of fused-ring (bicyclic) bond motifs is 1. The highest BCUT2D eigenvalue weighted by Gasteiger charge is 2.23. The SMILES string of the molecule is Cc1nn(CC(=O)Nc2ccc(CC(=O)NC3CC3)cc2)c(=O)c2ccccc12. The molecule has 7 nitrogen and oxygen atoms in total. The van der Waals surface area contributed by atoms with E-state index in [1.165, 1.54) is 4.68 Å². The second-order valence-electron chi connectivity index (χ2n) is 7.36. The summed E-state index contributed by atoms with van der Waals surface area (Å²) in [6, 6.07) is 14.7. The van der Waals surface area contributed by atoms with Crippen molar-refractivity contribution in [1.82, 2.24) is 15.1 Å². The smallest absolute Gasteiger partial charge is 0.275 e. The van der Waals surface area contributed by atoms with E-state index >= 15 is 0 Å². The molecule has 1 fully saturated rings. The number of rotatable bonds is 6. The lowest BCUT2D eigenvalue weighted by Crippen LogP contribution is -2.30. The van der Waals surface area contributed by atoms with Crippen molar-refractivity contribution in [1.29, 1.82) is 0 Å². The predicted molar refractivity (Wildman–Crippen MR) is 111 cm³/mol. The van der Waals surface area contributed by atoms with Crippen molar-refractivity contribution in [3.8, 4) is 0 Å². The summed E-state index contributed by atoms with van der Waals surface area (Å²) < 4.78 is 1.18. The molecule has 7 heteroatoms. The highest BCUT2D eigenvalue weighted by atomic mass is 16.2. The number of hydrogen-bond acceptors (Lipinski definition) is 4. The molecule has 1 heterocycles. The Bertz CT molecular complexity index is 1130. The number of aromatic nitrogens is 2. The Balaban J connectivity index is 1.40. The molecule has 1 aliphatic carbocycles. The molecule has 2 N–H and O–H groups in total. The van der Waals surface area contributed by atoms with Crippen molar-refractivity contribution in [2.75, 3.05) is 5.32 Å². The minimum absolute atomic E-state index is 0.0152. The lowest BCUT2D eigenvalue weighted by atomic mass is 10.1. The van der Waals surface area contributed by atoms with Gasteiger partial charge < -0.3 is 10.6 Å². The van der Waals surface area contributed by atoms with Gasteiger partial charge in [-0.3, -0.25) is 14.4 Å². The Morgan fingerprint density at radius 1 is 1.03 bits per heavy atom. The van der Waals surface area contributed by atoms with Crippen molar-refractivity contribution in [3.63, 3.8) is 0 Å². The lowest BCUT2D eigenvalue weighted by molar-refractivity contribution is -0.120. The second kappa shape index (κ2) is 7.87. The van der Waals surface area contributed by atoms with E-state index < -0.39 is 0 Å². The van der Waals surface area contributed by atoms with Gasteiger partial charge in [-0.05, 0) is 43.5 Å². The van der Waals surface area contributed by atoms with E-state index in [1.807, 2.05) is 31.2 Å². The van der Waals surface area contributed by atoms with Crippen molar-refractivity contribution >= 4 is 28.3 Å². The van der Waals surface area contributed by atoms with E-state index in [1.54, 1.807) is 24.3 Å². The van der Waals surface area contributed by atoms with E-state index in [2.05, 4.69) is 15.7 Å². The van der Waals surface area contributed by atoms with Crippen molar-refractivity contribution in [2.24, 2.45) is 0 Å². The van der Waals surface area contributed by atoms with Crippen LogP contribution >= 0.6 is 0 Å². The molecule has 0 bridgehead atoms. The minimum Gasteiger partial charge on any atom is -0.353 e. The summed E-state index contributed by atoms with van der Waals surface area (Å²) in [5.74, 6) is -0.324. The fourth-order valence-corrected chi connectivity index (χ4v) is 3.25. The first-order chi connectivity index (χ1) is 14.0. The van der Waals surface area contributed by atoms with E-state index in [0.717, 1.165) is 23.8 Å². The third-order valence-corrected chi connectivity index (χ3v) is 4.89. The molecular weight excluding hydrogens is 368 g/mol. The van der Waals surface area contributed by atoms with Gasteiger partial charge in [-0.25, -0.2) is 4.68 Å². The third-order valence-electron chi connectivity index (χ3n) is 4.89. The number of benzene rings is 2. The predicted octanol–water partition coefficient (Wildman–Crippen LogP) is 2.16. The van der Waals surface area contributed by atoms with Crippen LogP contribution in [0.4, 0.5) is 5.69 Å². The Morgan fingerprint density at radius 3 is 2.41 bits per heavy atom. The number of carbonyl (C=O) groups excluding carboxylic acids is 2. The third kappa shape index (κ3) is 4.51. The van der Waals surface area contributed by atoms with Gasteiger partial charge in [0.2, 0.25) is 11.8 Å². The fourth-order valence-electron chi connectivity index (χ4n) is 3.25. The molecule has 1 aromatic heterocycles. The van der Waals surface area contributed by atoms with Crippen LogP contribution in [0, 0.1) is 6.92 Å². The minimum atomic E-state index is -0.339. The van der Waals surface area contributed by atoms with Gasteiger partial charge in [0.25, 0.3) is 5.56 Å². The molecule has 1 saturated carbocycles. The van der Waals surface area contributed by atoms with Crippen LogP contribution in [0.3, 0.4) is 0 Å². The quantitative estimate of drug-likeness (QED) is 0.675. The molecule has 0 aliphatic heterocycles. The van der Waals surface area contributed by atoms with Crippen LogP contribution < -0.4 is 16.2 Å². The van der Waals surface area contributed by atoms with Crippen molar-refractivity contribution < 1.29 is 9.59 Å². The van der Waals surface area contributed by atoms with Gasteiger partial charge in [-0.1, -0.05) is 30.3 Å². The van der Waals surface area contributed by atoms with Crippen LogP contribution in [0.1, 0.15) is 24.1 Å². The first-order valence-electron chi connectivity index (χ1n) is 9.64. The molecule has 4 rings (SSSR count). The Labute approximate surface area is 167 Å². The number of nitrogens with zero attached hydrogens (tertiary/aromatic N) is 2. The second-order valence-corrected chi connectivity index (χ2v) is 7.36. The summed E-state index contributed by atoms with van der Waals surface area (Å²) in [6.07, 6.45) is 2.44. The number of anilines is 1. The normalized spacial score (nSPS) is 13.3. The van der Waals surface area contributed by atoms with Crippen LogP contribution in [0.15, 0.2) is 53.3 Å². The molecule has 0 unspecified atom stereocenters. The summed E-state index contributed by atoms with van der Waals surface area (Å²) in [5, 5.41) is 11.3. The van der Waals surface area contributed by atoms with Gasteiger partial charge in [-0.15, -0.1) is 0 Å². The van der Waals surface area contributed by atoms with Gasteiger partial charge in [0.1, 0.15) is 6.54 Å². The van der Waals surface area contributed by atoms with Gasteiger partial charge >= 0.3 is 0 Å². The molecule has 0 spiro atoms. The van der Waals surface area contributed by atoms with Crippen LogP contribution in [-0.4, -0.2) is 27.6 Å². The largest absolute Gasteiger partial charge is 0.353 e. The van der Waals surface area contributed by atoms with Crippen LogP contribution in [-0.2, 0) is 22.6 Å². The first-order valence-corrected chi connectivity index (χ1v) is 9.64. The van der Waals surface area contributed by atoms with Crippen LogP contribution in [0.5, 0.6) is 0 Å². The maximum absolute atomic E-state index is 12.6. The van der Waals surface area contributed by atoms with Crippen molar-refractivity contribution in [3.05, 3.63) is 70.1 Å². The number of hydrogen-bond donors (Lipinski definition) is 2. The number of carbonyl (C=O) groups is 2. The molecule has 0 saturated heterocycles. The Hall–Kier alpha value is -3.48. The zero-order valence-electron chi connectivity index (χ0n) is 16.1. The maximum Gasteiger partial charge on any atom is 0.275 e. The molecule has 0 radical (unpaired) electrons. The standard InChI is InChI=1S/C22H22N4O3/c1-14-18-4-2-3-5-19(18)22(29)26(25-14)13-21(28)24-16-8-6-15(7-9-16)12-20(27)23-17-10-11-17/h2-9,17H,10-13H2,1H3,(H,23,27)(H,24,28). The molecule has 2 amide bonds. The molecule has 1 aliphatic rings. The van der Waals surface area contributed by atoms with E-state index in [9.17, 15) is 14.4 Å². The van der Waals surface area contributed by atoms with Gasteiger partial charge in [0, 0.05) is 17.1 Å². The lowest BCUT2D eigenvalue weighted by Gasteiger charge is -2.10. The summed E-state index contributed by atoms with van der Waals surface area (Å²) in [5.41, 5.74) is 1.89. The van der Waals surface area contributed by atoms with Gasteiger partial charge in [0.15, 0.2) is 0 Å². The van der Waals surface area contributed by atoms with E-state index in [0.29, 0.717) is 29.2 Å². The highest BCUT2D eigenvalue weighted by molar-refractivity contribution is 5.91. The zero-order chi connectivity index (χ0) is 20.4. The molecule has 0 atom stereocenters. The highest BCUT2D eigenvalue weighted by Crippen LogP contribution is 2.19. The topological polar surface area (TPSA) is 93.1 Å². The van der Waals surface area contributed by atoms with Crippen LogP contribution in [0.25, 0.3) is 10.8 Å².